The van der Waals surface area contributed by atoms with E-state index in [0.29, 0.717) is 11.0 Å². The maximum Gasteiger partial charge on any atom is 0.264 e. The Labute approximate surface area is 208 Å². The average Bonchev–Trinajstić information content (AvgIpc) is 3.24. The van der Waals surface area contributed by atoms with Gasteiger partial charge in [-0.05, 0) is 42.1 Å². The van der Waals surface area contributed by atoms with Crippen molar-refractivity contribution in [1.82, 2.24) is 19.2 Å². The van der Waals surface area contributed by atoms with Crippen LogP contribution in [0.5, 0.6) is 0 Å². The molecule has 0 spiro atoms. The van der Waals surface area contributed by atoms with E-state index in [1.54, 1.807) is 23.0 Å². The summed E-state index contributed by atoms with van der Waals surface area (Å²) >= 11 is 0. The predicted octanol–water partition coefficient (Wildman–Crippen LogP) is 3.73. The van der Waals surface area contributed by atoms with Gasteiger partial charge in [-0.25, -0.2) is 9.50 Å². The van der Waals surface area contributed by atoms with Crippen molar-refractivity contribution in [2.24, 2.45) is 5.73 Å². The minimum Gasteiger partial charge on any atom is -0.381 e. The molecular formula is C28H26N6O2. The molecule has 0 saturated heterocycles. The number of amides is 1. The van der Waals surface area contributed by atoms with Gasteiger partial charge in [0.25, 0.3) is 11.5 Å². The summed E-state index contributed by atoms with van der Waals surface area (Å²) in [7, 11) is 0. The SMILES string of the molecule is CCC#Cc1cccc2cc(CC)n(-c3ccccc3)c(=O)c12.NC(=O)c1c(N)nn2cccnc12. The Morgan fingerprint density at radius 2 is 1.83 bits per heavy atom. The van der Waals surface area contributed by atoms with Gasteiger partial charge in [-0.1, -0.05) is 56.0 Å². The molecule has 8 nitrogen and oxygen atoms in total. The highest BCUT2D eigenvalue weighted by Crippen LogP contribution is 2.19. The number of para-hydroxylation sites is 1. The van der Waals surface area contributed by atoms with E-state index >= 15 is 0 Å². The van der Waals surface area contributed by atoms with Crippen molar-refractivity contribution < 1.29 is 4.79 Å². The molecule has 5 aromatic rings. The van der Waals surface area contributed by atoms with Crippen LogP contribution in [-0.4, -0.2) is 25.1 Å². The normalized spacial score (nSPS) is 10.4. The molecule has 0 saturated carbocycles. The van der Waals surface area contributed by atoms with E-state index in [1.165, 1.54) is 4.52 Å². The Morgan fingerprint density at radius 1 is 1.06 bits per heavy atom. The highest BCUT2D eigenvalue weighted by atomic mass is 16.1. The highest BCUT2D eigenvalue weighted by molar-refractivity contribution is 6.03. The van der Waals surface area contributed by atoms with Crippen molar-refractivity contribution in [2.75, 3.05) is 5.73 Å². The van der Waals surface area contributed by atoms with Gasteiger partial charge in [0.1, 0.15) is 5.56 Å². The summed E-state index contributed by atoms with van der Waals surface area (Å²) < 4.78 is 3.22. The number of hydrogen-bond donors (Lipinski definition) is 2. The second-order valence-electron chi connectivity index (χ2n) is 7.90. The van der Waals surface area contributed by atoms with Crippen molar-refractivity contribution in [3.8, 4) is 17.5 Å². The summed E-state index contributed by atoms with van der Waals surface area (Å²) in [6.07, 6.45) is 4.76. The van der Waals surface area contributed by atoms with Crippen LogP contribution in [-0.2, 0) is 6.42 Å². The Kier molecular flexibility index (Phi) is 7.12. The van der Waals surface area contributed by atoms with Gasteiger partial charge >= 0.3 is 0 Å². The van der Waals surface area contributed by atoms with Gasteiger partial charge < -0.3 is 11.5 Å². The van der Waals surface area contributed by atoms with Gasteiger partial charge in [0.15, 0.2) is 11.5 Å². The fraction of sp³-hybridized carbons (Fsp3) is 0.143. The number of fused-ring (bicyclic) bond motifs is 2. The number of nitrogen functional groups attached to an aromatic ring is 1. The van der Waals surface area contributed by atoms with Crippen LogP contribution in [0.2, 0.25) is 0 Å². The minimum absolute atomic E-state index is 0.00607. The molecule has 0 unspecified atom stereocenters. The zero-order valence-corrected chi connectivity index (χ0v) is 20.1. The van der Waals surface area contributed by atoms with Crippen LogP contribution in [0, 0.1) is 11.8 Å². The molecule has 4 N–H and O–H groups in total. The molecule has 0 aliphatic heterocycles. The smallest absolute Gasteiger partial charge is 0.264 e. The Morgan fingerprint density at radius 3 is 2.53 bits per heavy atom. The van der Waals surface area contributed by atoms with E-state index in [9.17, 15) is 9.59 Å². The molecule has 0 bridgehead atoms. The molecular weight excluding hydrogens is 452 g/mol. The van der Waals surface area contributed by atoms with Crippen molar-refractivity contribution >= 4 is 28.1 Å². The summed E-state index contributed by atoms with van der Waals surface area (Å²) in [6.45, 7) is 4.08. The van der Waals surface area contributed by atoms with Gasteiger partial charge in [-0.2, -0.15) is 0 Å². The summed E-state index contributed by atoms with van der Waals surface area (Å²) in [6, 6.07) is 19.5. The first-order valence-corrected chi connectivity index (χ1v) is 11.6. The lowest BCUT2D eigenvalue weighted by atomic mass is 10.0. The maximum atomic E-state index is 13.2. The van der Waals surface area contributed by atoms with Crippen LogP contribution in [0.4, 0.5) is 5.82 Å². The Hall–Kier alpha value is -4.90. The molecule has 0 fully saturated rings. The van der Waals surface area contributed by atoms with Crippen LogP contribution in [0.1, 0.15) is 41.9 Å². The van der Waals surface area contributed by atoms with Crippen LogP contribution < -0.4 is 17.0 Å². The molecule has 3 aromatic heterocycles. The Bertz CT molecular complexity index is 1670. The average molecular weight is 479 g/mol. The summed E-state index contributed by atoms with van der Waals surface area (Å²) in [5.74, 6) is 5.69. The van der Waals surface area contributed by atoms with E-state index in [0.717, 1.165) is 35.2 Å². The van der Waals surface area contributed by atoms with Crippen molar-refractivity contribution in [2.45, 2.75) is 26.7 Å². The lowest BCUT2D eigenvalue weighted by molar-refractivity contribution is 0.100. The number of pyridine rings is 1. The maximum absolute atomic E-state index is 13.2. The molecule has 8 heteroatoms. The van der Waals surface area contributed by atoms with Crippen LogP contribution in [0.15, 0.2) is 77.9 Å². The number of carbonyl (C=O) groups excluding carboxylic acids is 1. The topological polar surface area (TPSA) is 121 Å². The number of nitrogens with two attached hydrogens (primary N) is 2. The third-order valence-corrected chi connectivity index (χ3v) is 5.57. The van der Waals surface area contributed by atoms with Crippen molar-refractivity contribution in [3.05, 3.63) is 100 Å². The molecule has 0 atom stereocenters. The molecule has 1 amide bonds. The first kappa shape index (κ1) is 24.2. The molecule has 0 aliphatic carbocycles. The van der Waals surface area contributed by atoms with Crippen LogP contribution >= 0.6 is 0 Å². The van der Waals surface area contributed by atoms with E-state index in [-0.39, 0.29) is 16.9 Å². The summed E-state index contributed by atoms with van der Waals surface area (Å²) in [4.78, 5) is 28.1. The van der Waals surface area contributed by atoms with Crippen LogP contribution in [0.3, 0.4) is 0 Å². The third-order valence-electron chi connectivity index (χ3n) is 5.57. The number of rotatable bonds is 3. The number of nitrogens with zero attached hydrogens (tertiary/aromatic N) is 4. The number of benzene rings is 2. The van der Waals surface area contributed by atoms with Gasteiger partial charge in [-0.15, -0.1) is 5.10 Å². The van der Waals surface area contributed by atoms with Crippen molar-refractivity contribution in [1.29, 1.82) is 0 Å². The number of hydrogen-bond acceptors (Lipinski definition) is 5. The van der Waals surface area contributed by atoms with Gasteiger partial charge in [0, 0.05) is 35.8 Å². The zero-order valence-electron chi connectivity index (χ0n) is 20.1. The molecule has 36 heavy (non-hydrogen) atoms. The lowest BCUT2D eigenvalue weighted by Crippen LogP contribution is -2.22. The molecule has 0 radical (unpaired) electrons. The molecule has 5 rings (SSSR count). The zero-order chi connectivity index (χ0) is 25.7. The van der Waals surface area contributed by atoms with Gasteiger partial charge in [0.05, 0.1) is 5.39 Å². The fourth-order valence-electron chi connectivity index (χ4n) is 3.96. The standard InChI is InChI=1S/C21H19NO.C7H7N5O/c1-3-5-10-16-11-9-12-17-15-18(4-2)22(21(23)20(16)17)19-13-7-6-8-14-19;8-5-4(6(9)13)7-10-2-1-3-12(7)11-5/h6-9,11-15H,3-4H2,1-2H3;1-3H,(H2,8,11)(H2,9,13). The largest absolute Gasteiger partial charge is 0.381 e. The molecule has 0 aliphatic rings. The van der Waals surface area contributed by atoms with E-state index in [2.05, 4.69) is 34.9 Å². The second kappa shape index (κ2) is 10.6. The van der Waals surface area contributed by atoms with E-state index < -0.39 is 5.91 Å². The monoisotopic (exact) mass is 478 g/mol. The number of carbonyl (C=O) groups is 1. The highest BCUT2D eigenvalue weighted by Gasteiger charge is 2.15. The molecule has 3 heterocycles. The Balaban J connectivity index is 0.000000197. The minimum atomic E-state index is -0.619. The third kappa shape index (κ3) is 4.68. The predicted molar refractivity (Wildman–Crippen MR) is 142 cm³/mol. The summed E-state index contributed by atoms with van der Waals surface area (Å²) in [5.41, 5.74) is 13.9. The molecule has 2 aromatic carbocycles. The number of primary amides is 1. The van der Waals surface area contributed by atoms with E-state index in [1.807, 2.05) is 55.5 Å². The first-order chi connectivity index (χ1) is 17.5. The van der Waals surface area contributed by atoms with Gasteiger partial charge in [-0.3, -0.25) is 14.2 Å². The lowest BCUT2D eigenvalue weighted by Gasteiger charge is -2.14. The fourth-order valence-corrected chi connectivity index (χ4v) is 3.96. The number of anilines is 1. The summed E-state index contributed by atoms with van der Waals surface area (Å²) in [5, 5.41) is 5.53. The van der Waals surface area contributed by atoms with Gasteiger partial charge in [0.2, 0.25) is 0 Å². The van der Waals surface area contributed by atoms with E-state index in [4.69, 9.17) is 11.5 Å². The number of aromatic nitrogens is 4. The molecule has 180 valence electrons. The van der Waals surface area contributed by atoms with Crippen LogP contribution in [0.25, 0.3) is 22.1 Å². The first-order valence-electron chi connectivity index (χ1n) is 11.6. The second-order valence-corrected chi connectivity index (χ2v) is 7.90. The quantitative estimate of drug-likeness (QED) is 0.383. The van der Waals surface area contributed by atoms with Crippen molar-refractivity contribution in [3.63, 3.8) is 0 Å². The number of aryl methyl sites for hydroxylation is 1.